The quantitative estimate of drug-likeness (QED) is 0.872. The Morgan fingerprint density at radius 3 is 3.17 bits per heavy atom. The molecule has 0 spiro atoms. The van der Waals surface area contributed by atoms with Crippen molar-refractivity contribution in [2.75, 3.05) is 25.5 Å². The molecule has 2 aromatic heterocycles. The van der Waals surface area contributed by atoms with Gasteiger partial charge < -0.3 is 10.2 Å². The second-order valence-corrected chi connectivity index (χ2v) is 5.14. The van der Waals surface area contributed by atoms with Crippen LogP contribution in [-0.2, 0) is 0 Å². The van der Waals surface area contributed by atoms with Gasteiger partial charge in [0.15, 0.2) is 5.82 Å². The van der Waals surface area contributed by atoms with Gasteiger partial charge in [-0.3, -0.25) is 0 Å². The van der Waals surface area contributed by atoms with Gasteiger partial charge in [0.1, 0.15) is 5.52 Å². The first-order valence-corrected chi connectivity index (χ1v) is 6.48. The van der Waals surface area contributed by atoms with Gasteiger partial charge in [0.2, 0.25) is 0 Å². The van der Waals surface area contributed by atoms with Crippen molar-refractivity contribution in [2.24, 2.45) is 0 Å². The van der Waals surface area contributed by atoms with E-state index < -0.39 is 0 Å². The topological polar surface area (TPSA) is 45.5 Å². The summed E-state index contributed by atoms with van der Waals surface area (Å²) in [6.07, 6.45) is 6.14. The molecule has 18 heavy (non-hydrogen) atoms. The molecule has 0 saturated carbocycles. The molecule has 5 nitrogen and oxygen atoms in total. The molecule has 1 aliphatic heterocycles. The maximum Gasteiger partial charge on any atom is 0.152 e. The van der Waals surface area contributed by atoms with Crippen molar-refractivity contribution in [3.05, 3.63) is 24.2 Å². The summed E-state index contributed by atoms with van der Waals surface area (Å²) < 4.78 is 1.89. The smallest absolute Gasteiger partial charge is 0.152 e. The Bertz CT molecular complexity index is 547. The van der Waals surface area contributed by atoms with E-state index in [1.807, 2.05) is 17.6 Å². The van der Waals surface area contributed by atoms with E-state index >= 15 is 0 Å². The summed E-state index contributed by atoms with van der Waals surface area (Å²) in [5.74, 6) is 0.943. The molecule has 1 atom stereocenters. The van der Waals surface area contributed by atoms with E-state index in [0.717, 1.165) is 23.6 Å². The molecule has 1 aliphatic rings. The number of likely N-dealkylation sites (tertiary alicyclic amines) is 1. The van der Waals surface area contributed by atoms with Crippen LogP contribution in [0.25, 0.3) is 5.52 Å². The SMILES string of the molecule is Cc1cc2c(NC3CCCN(C)C3)nccn2n1. The van der Waals surface area contributed by atoms with Gasteiger partial charge in [-0.25, -0.2) is 9.50 Å². The van der Waals surface area contributed by atoms with E-state index in [1.165, 1.54) is 19.4 Å². The minimum absolute atomic E-state index is 0.484. The number of nitrogens with one attached hydrogen (secondary N) is 1. The lowest BCUT2D eigenvalue weighted by atomic mass is 10.1. The average molecular weight is 245 g/mol. The Hall–Kier alpha value is -1.62. The Morgan fingerprint density at radius 1 is 1.44 bits per heavy atom. The number of aromatic nitrogens is 3. The first-order valence-electron chi connectivity index (χ1n) is 6.48. The molecule has 3 rings (SSSR count). The van der Waals surface area contributed by atoms with Crippen LogP contribution in [0.15, 0.2) is 18.5 Å². The number of rotatable bonds is 2. The first kappa shape index (κ1) is 11.5. The minimum atomic E-state index is 0.484. The number of hydrogen-bond donors (Lipinski definition) is 1. The average Bonchev–Trinajstić information content (AvgIpc) is 2.71. The number of anilines is 1. The molecule has 0 aliphatic carbocycles. The number of hydrogen-bond acceptors (Lipinski definition) is 4. The van der Waals surface area contributed by atoms with Gasteiger partial charge >= 0.3 is 0 Å². The molecular weight excluding hydrogens is 226 g/mol. The van der Waals surface area contributed by atoms with Crippen LogP contribution in [0.3, 0.4) is 0 Å². The number of nitrogens with zero attached hydrogens (tertiary/aromatic N) is 4. The van der Waals surface area contributed by atoms with Crippen LogP contribution < -0.4 is 5.32 Å². The maximum atomic E-state index is 4.45. The molecule has 1 N–H and O–H groups in total. The molecule has 1 saturated heterocycles. The van der Waals surface area contributed by atoms with Gasteiger partial charge in [-0.15, -0.1) is 0 Å². The van der Waals surface area contributed by atoms with E-state index in [9.17, 15) is 0 Å². The normalized spacial score (nSPS) is 21.3. The zero-order valence-corrected chi connectivity index (χ0v) is 10.9. The summed E-state index contributed by atoms with van der Waals surface area (Å²) in [4.78, 5) is 6.81. The Kier molecular flexibility index (Phi) is 2.91. The van der Waals surface area contributed by atoms with Crippen molar-refractivity contribution in [3.8, 4) is 0 Å². The Morgan fingerprint density at radius 2 is 2.33 bits per heavy atom. The molecule has 0 radical (unpaired) electrons. The lowest BCUT2D eigenvalue weighted by Crippen LogP contribution is -2.39. The largest absolute Gasteiger partial charge is 0.364 e. The summed E-state index contributed by atoms with van der Waals surface area (Å²) >= 11 is 0. The highest BCUT2D eigenvalue weighted by Crippen LogP contribution is 2.18. The lowest BCUT2D eigenvalue weighted by Gasteiger charge is -2.30. The standard InChI is InChI=1S/C13H19N5/c1-10-8-12-13(14-5-7-18(12)16-10)15-11-4-3-6-17(2)9-11/h5,7-8,11H,3-4,6,9H2,1-2H3,(H,14,15). The molecule has 0 bridgehead atoms. The monoisotopic (exact) mass is 245 g/mol. The van der Waals surface area contributed by atoms with Crippen LogP contribution in [0.4, 0.5) is 5.82 Å². The van der Waals surface area contributed by atoms with Crippen LogP contribution in [0.2, 0.25) is 0 Å². The third-order valence-electron chi connectivity index (χ3n) is 3.48. The summed E-state index contributed by atoms with van der Waals surface area (Å²) in [5, 5.41) is 7.96. The van der Waals surface area contributed by atoms with Crippen molar-refractivity contribution in [1.82, 2.24) is 19.5 Å². The Balaban J connectivity index is 1.85. The highest BCUT2D eigenvalue weighted by atomic mass is 15.2. The maximum absolute atomic E-state index is 4.45. The molecule has 96 valence electrons. The van der Waals surface area contributed by atoms with E-state index in [2.05, 4.69) is 33.4 Å². The Labute approximate surface area is 107 Å². The van der Waals surface area contributed by atoms with Gasteiger partial charge in [0.25, 0.3) is 0 Å². The predicted molar refractivity (Wildman–Crippen MR) is 71.9 cm³/mol. The molecule has 3 heterocycles. The van der Waals surface area contributed by atoms with E-state index in [1.54, 1.807) is 6.20 Å². The molecule has 0 aromatic carbocycles. The highest BCUT2D eigenvalue weighted by molar-refractivity contribution is 5.68. The number of fused-ring (bicyclic) bond motifs is 1. The lowest BCUT2D eigenvalue weighted by molar-refractivity contribution is 0.261. The molecule has 1 fully saturated rings. The fourth-order valence-corrected chi connectivity index (χ4v) is 2.63. The highest BCUT2D eigenvalue weighted by Gasteiger charge is 2.18. The van der Waals surface area contributed by atoms with Gasteiger partial charge in [-0.2, -0.15) is 5.10 Å². The zero-order chi connectivity index (χ0) is 12.5. The van der Waals surface area contributed by atoms with Crippen molar-refractivity contribution in [3.63, 3.8) is 0 Å². The third-order valence-corrected chi connectivity index (χ3v) is 3.48. The van der Waals surface area contributed by atoms with E-state index in [4.69, 9.17) is 0 Å². The van der Waals surface area contributed by atoms with Gasteiger partial charge in [0, 0.05) is 25.0 Å². The number of likely N-dealkylation sites (N-methyl/N-ethyl adjacent to an activating group) is 1. The molecule has 2 aromatic rings. The fraction of sp³-hybridized carbons (Fsp3) is 0.538. The zero-order valence-electron chi connectivity index (χ0n) is 10.9. The summed E-state index contributed by atoms with van der Waals surface area (Å²) in [6.45, 7) is 4.28. The molecule has 5 heteroatoms. The third kappa shape index (κ3) is 2.18. The van der Waals surface area contributed by atoms with Crippen LogP contribution in [-0.4, -0.2) is 45.7 Å². The second-order valence-electron chi connectivity index (χ2n) is 5.14. The number of piperidine rings is 1. The van der Waals surface area contributed by atoms with E-state index in [0.29, 0.717) is 6.04 Å². The van der Waals surface area contributed by atoms with Crippen molar-refractivity contribution in [2.45, 2.75) is 25.8 Å². The van der Waals surface area contributed by atoms with Crippen LogP contribution in [0.5, 0.6) is 0 Å². The van der Waals surface area contributed by atoms with Gasteiger partial charge in [0.05, 0.1) is 5.69 Å². The number of aryl methyl sites for hydroxylation is 1. The van der Waals surface area contributed by atoms with Crippen LogP contribution in [0.1, 0.15) is 18.5 Å². The molecule has 0 amide bonds. The van der Waals surface area contributed by atoms with Crippen molar-refractivity contribution >= 4 is 11.3 Å². The van der Waals surface area contributed by atoms with Crippen molar-refractivity contribution in [1.29, 1.82) is 0 Å². The van der Waals surface area contributed by atoms with Crippen molar-refractivity contribution < 1.29 is 0 Å². The van der Waals surface area contributed by atoms with Gasteiger partial charge in [-0.05, 0) is 39.4 Å². The molecular formula is C13H19N5. The summed E-state index contributed by atoms with van der Waals surface area (Å²) in [6, 6.07) is 2.56. The van der Waals surface area contributed by atoms with Crippen LogP contribution >= 0.6 is 0 Å². The van der Waals surface area contributed by atoms with E-state index in [-0.39, 0.29) is 0 Å². The predicted octanol–water partition coefficient (Wildman–Crippen LogP) is 1.54. The van der Waals surface area contributed by atoms with Crippen LogP contribution in [0, 0.1) is 6.92 Å². The summed E-state index contributed by atoms with van der Waals surface area (Å²) in [5.41, 5.74) is 2.08. The summed E-state index contributed by atoms with van der Waals surface area (Å²) in [7, 11) is 2.17. The molecule has 1 unspecified atom stereocenters. The second kappa shape index (κ2) is 4.57. The fourth-order valence-electron chi connectivity index (χ4n) is 2.63. The first-order chi connectivity index (χ1) is 8.72. The minimum Gasteiger partial charge on any atom is -0.364 e. The van der Waals surface area contributed by atoms with Gasteiger partial charge in [-0.1, -0.05) is 0 Å².